The third-order valence-electron chi connectivity index (χ3n) is 2.91. The van der Waals surface area contributed by atoms with Crippen LogP contribution in [0.4, 0.5) is 5.82 Å². The fourth-order valence-electron chi connectivity index (χ4n) is 1.93. The summed E-state index contributed by atoms with van der Waals surface area (Å²) in [5.74, 6) is 1.11. The van der Waals surface area contributed by atoms with E-state index in [0.29, 0.717) is 33.3 Å². The van der Waals surface area contributed by atoms with Crippen molar-refractivity contribution in [3.8, 4) is 11.6 Å². The Balaban J connectivity index is 2.13. The van der Waals surface area contributed by atoms with Crippen molar-refractivity contribution in [2.75, 3.05) is 19.8 Å². The molecule has 0 aliphatic carbocycles. The van der Waals surface area contributed by atoms with Gasteiger partial charge in [0.1, 0.15) is 5.82 Å². The number of hydrogen-bond donors (Lipinski definition) is 1. The fourth-order valence-corrected chi connectivity index (χ4v) is 2.24. The first-order valence-corrected chi connectivity index (χ1v) is 6.88. The number of pyridine rings is 1. The van der Waals surface area contributed by atoms with Gasteiger partial charge in [-0.3, -0.25) is 4.79 Å². The van der Waals surface area contributed by atoms with Crippen molar-refractivity contribution >= 4 is 33.3 Å². The normalized spacial score (nSPS) is 11.0. The van der Waals surface area contributed by atoms with E-state index in [4.69, 9.17) is 10.2 Å². The van der Waals surface area contributed by atoms with Crippen LogP contribution in [0.1, 0.15) is 10.4 Å². The van der Waals surface area contributed by atoms with Gasteiger partial charge in [-0.25, -0.2) is 4.98 Å². The second-order valence-corrected chi connectivity index (χ2v) is 5.46. The zero-order valence-electron chi connectivity index (χ0n) is 11.4. The summed E-state index contributed by atoms with van der Waals surface area (Å²) in [6.07, 6.45) is 0. The number of amides is 1. The number of hydrogen-bond acceptors (Lipinski definition) is 5. The molecule has 3 heterocycles. The van der Waals surface area contributed by atoms with Gasteiger partial charge in [-0.15, -0.1) is 5.10 Å². The number of fused-ring (bicyclic) bond motifs is 1. The van der Waals surface area contributed by atoms with Gasteiger partial charge in [-0.05, 0) is 40.2 Å². The molecule has 0 aromatic carbocycles. The van der Waals surface area contributed by atoms with Crippen LogP contribution in [0, 0.1) is 0 Å². The highest BCUT2D eigenvalue weighted by Gasteiger charge is 2.15. The summed E-state index contributed by atoms with van der Waals surface area (Å²) in [4.78, 5) is 17.8. The lowest BCUT2D eigenvalue weighted by atomic mass is 10.2. The largest absolute Gasteiger partial charge is 0.446 e. The van der Waals surface area contributed by atoms with Gasteiger partial charge in [-0.1, -0.05) is 0 Å². The van der Waals surface area contributed by atoms with Crippen molar-refractivity contribution in [3.63, 3.8) is 0 Å². The van der Waals surface area contributed by atoms with E-state index < -0.39 is 0 Å². The molecular weight excluding hydrogens is 338 g/mol. The maximum Gasteiger partial charge on any atom is 0.253 e. The molecule has 0 aliphatic rings. The average molecular weight is 350 g/mol. The van der Waals surface area contributed by atoms with Crippen LogP contribution in [-0.4, -0.2) is 39.5 Å². The van der Waals surface area contributed by atoms with Gasteiger partial charge in [0.15, 0.2) is 16.1 Å². The van der Waals surface area contributed by atoms with Crippen LogP contribution < -0.4 is 5.73 Å². The smallest absolute Gasteiger partial charge is 0.253 e. The van der Waals surface area contributed by atoms with Crippen LogP contribution in [-0.2, 0) is 0 Å². The van der Waals surface area contributed by atoms with Crippen LogP contribution >= 0.6 is 15.9 Å². The molecule has 3 rings (SSSR count). The van der Waals surface area contributed by atoms with Gasteiger partial charge < -0.3 is 15.1 Å². The molecule has 0 radical (unpaired) electrons. The molecular formula is C13H12BrN5O2. The summed E-state index contributed by atoms with van der Waals surface area (Å²) in [5, 5.41) is 4.28. The summed E-state index contributed by atoms with van der Waals surface area (Å²) in [6, 6.07) is 6.73. The summed E-state index contributed by atoms with van der Waals surface area (Å²) >= 11 is 3.23. The monoisotopic (exact) mass is 349 g/mol. The molecule has 0 saturated carbocycles. The lowest BCUT2D eigenvalue weighted by Crippen LogP contribution is -2.22. The first-order valence-electron chi connectivity index (χ1n) is 6.09. The topological polar surface area (TPSA) is 89.7 Å². The van der Waals surface area contributed by atoms with Crippen LogP contribution in [0.5, 0.6) is 0 Å². The molecule has 2 N–H and O–H groups in total. The predicted molar refractivity (Wildman–Crippen MR) is 80.8 cm³/mol. The molecule has 3 aromatic heterocycles. The second kappa shape index (κ2) is 4.88. The Morgan fingerprint density at radius 3 is 2.76 bits per heavy atom. The zero-order valence-corrected chi connectivity index (χ0v) is 13.0. The van der Waals surface area contributed by atoms with Crippen molar-refractivity contribution in [1.82, 2.24) is 19.5 Å². The number of aromatic nitrogens is 3. The fraction of sp³-hybridized carbons (Fsp3) is 0.154. The number of carbonyl (C=O) groups is 1. The number of furan rings is 1. The standard InChI is InChI=1S/C13H12BrN5O2/c1-18(2)13(20)7-5-10(15)19-11(6-7)16-12(17-19)8-3-4-9(14)21-8/h3-6H,15H2,1-2H3. The van der Waals surface area contributed by atoms with E-state index in [1.165, 1.54) is 9.42 Å². The summed E-state index contributed by atoms with van der Waals surface area (Å²) in [6.45, 7) is 0. The van der Waals surface area contributed by atoms with Gasteiger partial charge in [0.05, 0.1) is 0 Å². The highest BCUT2D eigenvalue weighted by Crippen LogP contribution is 2.24. The SMILES string of the molecule is CN(C)C(=O)c1cc(N)n2nc(-c3ccc(Br)o3)nc2c1. The number of halogens is 1. The van der Waals surface area contributed by atoms with E-state index in [-0.39, 0.29) is 5.91 Å². The molecule has 0 aliphatic heterocycles. The maximum atomic E-state index is 12.0. The first kappa shape index (κ1) is 13.6. The van der Waals surface area contributed by atoms with E-state index in [1.54, 1.807) is 38.4 Å². The van der Waals surface area contributed by atoms with E-state index >= 15 is 0 Å². The Hall–Kier alpha value is -2.35. The molecule has 0 bridgehead atoms. The predicted octanol–water partition coefficient (Wildman–Crippen LogP) is 2.04. The van der Waals surface area contributed by atoms with Gasteiger partial charge in [0.25, 0.3) is 5.91 Å². The molecule has 7 nitrogen and oxygen atoms in total. The second-order valence-electron chi connectivity index (χ2n) is 4.68. The van der Waals surface area contributed by atoms with Crippen LogP contribution in [0.3, 0.4) is 0 Å². The average Bonchev–Trinajstić information content (AvgIpc) is 3.03. The molecule has 21 heavy (non-hydrogen) atoms. The summed E-state index contributed by atoms with van der Waals surface area (Å²) < 4.78 is 7.48. The molecule has 1 amide bonds. The van der Waals surface area contributed by atoms with Crippen molar-refractivity contribution in [2.24, 2.45) is 0 Å². The number of carbonyl (C=O) groups excluding carboxylic acids is 1. The highest BCUT2D eigenvalue weighted by atomic mass is 79.9. The molecule has 108 valence electrons. The number of nitrogen functional groups attached to an aromatic ring is 1. The Bertz CT molecular complexity index is 836. The lowest BCUT2D eigenvalue weighted by Gasteiger charge is -2.10. The minimum Gasteiger partial charge on any atom is -0.446 e. The molecule has 0 spiro atoms. The van der Waals surface area contributed by atoms with E-state index in [9.17, 15) is 4.79 Å². The van der Waals surface area contributed by atoms with E-state index in [0.717, 1.165) is 0 Å². The van der Waals surface area contributed by atoms with Crippen LogP contribution in [0.25, 0.3) is 17.2 Å². The van der Waals surface area contributed by atoms with Crippen molar-refractivity contribution in [2.45, 2.75) is 0 Å². The summed E-state index contributed by atoms with van der Waals surface area (Å²) in [7, 11) is 3.36. The zero-order chi connectivity index (χ0) is 15.1. The van der Waals surface area contributed by atoms with Crippen LogP contribution in [0.2, 0.25) is 0 Å². The Labute approximate surface area is 128 Å². The minimum atomic E-state index is -0.144. The third kappa shape index (κ3) is 2.38. The maximum absolute atomic E-state index is 12.0. The third-order valence-corrected chi connectivity index (χ3v) is 3.34. The molecule has 0 unspecified atom stereocenters. The molecule has 0 saturated heterocycles. The van der Waals surface area contributed by atoms with Crippen molar-refractivity contribution < 1.29 is 9.21 Å². The lowest BCUT2D eigenvalue weighted by molar-refractivity contribution is 0.0827. The Morgan fingerprint density at radius 2 is 2.14 bits per heavy atom. The first-order chi connectivity index (χ1) is 9.95. The van der Waals surface area contributed by atoms with Crippen molar-refractivity contribution in [3.05, 3.63) is 34.5 Å². The number of nitrogens with zero attached hydrogens (tertiary/aromatic N) is 4. The molecule has 8 heteroatoms. The van der Waals surface area contributed by atoms with Gasteiger partial charge in [0, 0.05) is 19.7 Å². The van der Waals surface area contributed by atoms with Gasteiger partial charge in [0.2, 0.25) is 5.82 Å². The number of anilines is 1. The van der Waals surface area contributed by atoms with Gasteiger partial charge >= 0.3 is 0 Å². The molecule has 0 fully saturated rings. The molecule has 0 atom stereocenters. The summed E-state index contributed by atoms with van der Waals surface area (Å²) in [5.41, 5.74) is 6.89. The minimum absolute atomic E-state index is 0.144. The van der Waals surface area contributed by atoms with Gasteiger partial charge in [-0.2, -0.15) is 4.52 Å². The highest BCUT2D eigenvalue weighted by molar-refractivity contribution is 9.10. The quantitative estimate of drug-likeness (QED) is 0.764. The number of rotatable bonds is 2. The molecule has 3 aromatic rings. The van der Waals surface area contributed by atoms with E-state index in [1.807, 2.05) is 0 Å². The number of nitrogens with two attached hydrogens (primary N) is 1. The van der Waals surface area contributed by atoms with E-state index in [2.05, 4.69) is 26.0 Å². The van der Waals surface area contributed by atoms with Crippen LogP contribution in [0.15, 0.2) is 33.4 Å². The Kier molecular flexibility index (Phi) is 3.17. The Morgan fingerprint density at radius 1 is 1.38 bits per heavy atom. The van der Waals surface area contributed by atoms with Crippen molar-refractivity contribution in [1.29, 1.82) is 0 Å².